The molecule has 0 aromatic carbocycles. The van der Waals surface area contributed by atoms with E-state index >= 15 is 0 Å². The number of nitrogens with zero attached hydrogens (tertiary/aromatic N) is 3. The number of likely N-dealkylation sites (N-methyl/N-ethyl adjacent to an activating group) is 1. The van der Waals surface area contributed by atoms with Crippen LogP contribution in [0.5, 0.6) is 5.88 Å². The first-order chi connectivity index (χ1) is 7.66. The highest BCUT2D eigenvalue weighted by molar-refractivity contribution is 5.92. The number of hydrogen-bond acceptors (Lipinski definition) is 4. The summed E-state index contributed by atoms with van der Waals surface area (Å²) in [5.41, 5.74) is 0.424. The normalized spacial score (nSPS) is 13.7. The summed E-state index contributed by atoms with van der Waals surface area (Å²) < 4.78 is 6.99. The van der Waals surface area contributed by atoms with Crippen molar-refractivity contribution < 1.29 is 9.53 Å². The minimum atomic E-state index is -0.146. The minimum Gasteiger partial charge on any atom is -0.476 e. The third-order valence-electron chi connectivity index (χ3n) is 2.37. The zero-order valence-electron chi connectivity index (χ0n) is 9.56. The first-order valence-electron chi connectivity index (χ1n) is 5.30. The van der Waals surface area contributed by atoms with E-state index in [0.29, 0.717) is 24.7 Å². The van der Waals surface area contributed by atoms with E-state index in [1.807, 2.05) is 19.0 Å². The molecule has 0 spiro atoms. The number of nitrogens with one attached hydrogen (secondary N) is 1. The Morgan fingerprint density at radius 3 is 3.19 bits per heavy atom. The van der Waals surface area contributed by atoms with E-state index in [-0.39, 0.29) is 5.91 Å². The second-order valence-electron chi connectivity index (χ2n) is 4.00. The number of ether oxygens (including phenoxy) is 1. The molecule has 0 aliphatic carbocycles. The van der Waals surface area contributed by atoms with Crippen LogP contribution in [0, 0.1) is 0 Å². The van der Waals surface area contributed by atoms with Crippen LogP contribution in [-0.4, -0.2) is 54.4 Å². The van der Waals surface area contributed by atoms with Gasteiger partial charge in [-0.2, -0.15) is 5.10 Å². The van der Waals surface area contributed by atoms with Gasteiger partial charge in [0.2, 0.25) is 5.88 Å². The predicted molar refractivity (Wildman–Crippen MR) is 58.6 cm³/mol. The minimum absolute atomic E-state index is 0.146. The fraction of sp³-hybridized carbons (Fsp3) is 0.600. The molecule has 6 heteroatoms. The van der Waals surface area contributed by atoms with Crippen LogP contribution in [0.3, 0.4) is 0 Å². The molecule has 0 saturated heterocycles. The SMILES string of the molecule is CN(C)CCNC(=O)c1cc2n(n1)CCO2. The fourth-order valence-corrected chi connectivity index (χ4v) is 1.51. The Labute approximate surface area is 94.2 Å². The highest BCUT2D eigenvalue weighted by atomic mass is 16.5. The van der Waals surface area contributed by atoms with Gasteiger partial charge in [-0.25, -0.2) is 4.68 Å². The molecule has 1 aliphatic heterocycles. The number of amides is 1. The molecule has 1 aliphatic rings. The Hall–Kier alpha value is -1.56. The zero-order valence-corrected chi connectivity index (χ0v) is 9.56. The van der Waals surface area contributed by atoms with Crippen LogP contribution in [0.4, 0.5) is 0 Å². The Kier molecular flexibility index (Phi) is 3.09. The maximum absolute atomic E-state index is 11.7. The summed E-state index contributed by atoms with van der Waals surface area (Å²) in [5, 5.41) is 6.96. The van der Waals surface area contributed by atoms with Gasteiger partial charge >= 0.3 is 0 Å². The predicted octanol–water partition coefficient (Wildman–Crippen LogP) is -0.433. The summed E-state index contributed by atoms with van der Waals surface area (Å²) in [6.45, 7) is 2.80. The quantitative estimate of drug-likeness (QED) is 0.753. The number of carbonyl (C=O) groups is 1. The molecule has 1 N–H and O–H groups in total. The lowest BCUT2D eigenvalue weighted by molar-refractivity contribution is 0.0945. The van der Waals surface area contributed by atoms with Gasteiger partial charge in [-0.3, -0.25) is 4.79 Å². The van der Waals surface area contributed by atoms with Gasteiger partial charge in [0.1, 0.15) is 6.61 Å². The molecule has 88 valence electrons. The number of carbonyl (C=O) groups excluding carboxylic acids is 1. The van der Waals surface area contributed by atoms with E-state index in [4.69, 9.17) is 4.74 Å². The molecular weight excluding hydrogens is 208 g/mol. The summed E-state index contributed by atoms with van der Waals surface area (Å²) in [7, 11) is 3.93. The van der Waals surface area contributed by atoms with Crippen LogP contribution in [-0.2, 0) is 6.54 Å². The summed E-state index contributed by atoms with van der Waals surface area (Å²) in [4.78, 5) is 13.7. The maximum Gasteiger partial charge on any atom is 0.271 e. The van der Waals surface area contributed by atoms with E-state index in [9.17, 15) is 4.79 Å². The summed E-state index contributed by atoms with van der Waals surface area (Å²) in [6.07, 6.45) is 0. The van der Waals surface area contributed by atoms with Crippen molar-refractivity contribution in [1.29, 1.82) is 0 Å². The van der Waals surface area contributed by atoms with Crippen molar-refractivity contribution in [3.63, 3.8) is 0 Å². The van der Waals surface area contributed by atoms with Gasteiger partial charge in [-0.05, 0) is 14.1 Å². The van der Waals surface area contributed by atoms with Gasteiger partial charge in [0.25, 0.3) is 5.91 Å². The molecule has 0 atom stereocenters. The van der Waals surface area contributed by atoms with Crippen molar-refractivity contribution in [3.05, 3.63) is 11.8 Å². The summed E-state index contributed by atoms with van der Waals surface area (Å²) in [6, 6.07) is 1.68. The summed E-state index contributed by atoms with van der Waals surface area (Å²) in [5.74, 6) is 0.533. The largest absolute Gasteiger partial charge is 0.476 e. The van der Waals surface area contributed by atoms with Gasteiger partial charge in [0.15, 0.2) is 5.69 Å². The second kappa shape index (κ2) is 4.52. The lowest BCUT2D eigenvalue weighted by Gasteiger charge is -2.09. The van der Waals surface area contributed by atoms with E-state index in [0.717, 1.165) is 13.1 Å². The molecule has 0 radical (unpaired) electrons. The van der Waals surface area contributed by atoms with Crippen molar-refractivity contribution in [2.24, 2.45) is 0 Å². The van der Waals surface area contributed by atoms with Crippen LogP contribution in [0.25, 0.3) is 0 Å². The maximum atomic E-state index is 11.7. The summed E-state index contributed by atoms with van der Waals surface area (Å²) >= 11 is 0. The number of rotatable bonds is 4. The molecule has 1 amide bonds. The number of hydrogen-bond donors (Lipinski definition) is 1. The van der Waals surface area contributed by atoms with E-state index < -0.39 is 0 Å². The van der Waals surface area contributed by atoms with Crippen LogP contribution in [0.15, 0.2) is 6.07 Å². The van der Waals surface area contributed by atoms with Gasteiger partial charge in [0.05, 0.1) is 6.54 Å². The van der Waals surface area contributed by atoms with E-state index in [2.05, 4.69) is 10.4 Å². The zero-order chi connectivity index (χ0) is 11.5. The van der Waals surface area contributed by atoms with Gasteiger partial charge in [-0.1, -0.05) is 0 Å². The lowest BCUT2D eigenvalue weighted by atomic mass is 10.4. The van der Waals surface area contributed by atoms with Crippen LogP contribution >= 0.6 is 0 Å². The highest BCUT2D eigenvalue weighted by Crippen LogP contribution is 2.17. The molecule has 6 nitrogen and oxygen atoms in total. The average molecular weight is 224 g/mol. The van der Waals surface area contributed by atoms with Crippen LogP contribution in [0.1, 0.15) is 10.5 Å². The monoisotopic (exact) mass is 224 g/mol. The molecule has 1 aromatic rings. The van der Waals surface area contributed by atoms with Crippen molar-refractivity contribution >= 4 is 5.91 Å². The molecule has 0 saturated carbocycles. The molecule has 2 rings (SSSR count). The molecule has 0 bridgehead atoms. The standard InChI is InChI=1S/C10H16N4O2/c1-13(2)4-3-11-10(15)8-7-9-14(12-8)5-6-16-9/h7H,3-6H2,1-2H3,(H,11,15). The second-order valence-corrected chi connectivity index (χ2v) is 4.00. The first-order valence-corrected chi connectivity index (χ1v) is 5.30. The smallest absolute Gasteiger partial charge is 0.271 e. The molecule has 16 heavy (non-hydrogen) atoms. The number of aromatic nitrogens is 2. The van der Waals surface area contributed by atoms with Crippen molar-refractivity contribution in [2.45, 2.75) is 6.54 Å². The fourth-order valence-electron chi connectivity index (χ4n) is 1.51. The van der Waals surface area contributed by atoms with Crippen molar-refractivity contribution in [3.8, 4) is 5.88 Å². The Morgan fingerprint density at radius 2 is 2.50 bits per heavy atom. The highest BCUT2D eigenvalue weighted by Gasteiger charge is 2.18. The Morgan fingerprint density at radius 1 is 1.69 bits per heavy atom. The van der Waals surface area contributed by atoms with Gasteiger partial charge in [0, 0.05) is 19.2 Å². The molecular formula is C10H16N4O2. The van der Waals surface area contributed by atoms with Crippen molar-refractivity contribution in [1.82, 2.24) is 20.0 Å². The third-order valence-corrected chi connectivity index (χ3v) is 2.37. The molecule has 1 aromatic heterocycles. The lowest BCUT2D eigenvalue weighted by Crippen LogP contribution is -2.31. The molecule has 0 unspecified atom stereocenters. The van der Waals surface area contributed by atoms with Crippen LogP contribution < -0.4 is 10.1 Å². The van der Waals surface area contributed by atoms with Gasteiger partial charge in [-0.15, -0.1) is 0 Å². The number of fused-ring (bicyclic) bond motifs is 1. The van der Waals surface area contributed by atoms with Gasteiger partial charge < -0.3 is 15.0 Å². The average Bonchev–Trinajstić information content (AvgIpc) is 2.75. The molecule has 0 fully saturated rings. The van der Waals surface area contributed by atoms with E-state index in [1.54, 1.807) is 10.7 Å². The Bertz CT molecular complexity index is 365. The van der Waals surface area contributed by atoms with Crippen molar-refractivity contribution in [2.75, 3.05) is 33.8 Å². The van der Waals surface area contributed by atoms with E-state index in [1.165, 1.54) is 0 Å². The first kappa shape index (κ1) is 10.9. The third kappa shape index (κ3) is 2.33. The van der Waals surface area contributed by atoms with Crippen LogP contribution in [0.2, 0.25) is 0 Å². The molecule has 2 heterocycles. The Balaban J connectivity index is 1.89. The topological polar surface area (TPSA) is 59.4 Å².